The number of thioether (sulfide) groups is 1. The van der Waals surface area contributed by atoms with E-state index >= 15 is 0 Å². The van der Waals surface area contributed by atoms with Crippen molar-refractivity contribution in [2.45, 2.75) is 37.5 Å². The SMILES string of the molecule is Cc1ccc(SCc2nc(-c3ccc(C(=O)NC(C)c4ccccc4)cc3)oc2C)cc1. The predicted octanol–water partition coefficient (Wildman–Crippen LogP) is 6.74. The topological polar surface area (TPSA) is 55.1 Å². The fourth-order valence-electron chi connectivity index (χ4n) is 3.34. The highest BCUT2D eigenvalue weighted by Crippen LogP contribution is 2.28. The summed E-state index contributed by atoms with van der Waals surface area (Å²) < 4.78 is 5.91. The van der Waals surface area contributed by atoms with E-state index in [4.69, 9.17) is 4.42 Å². The third-order valence-corrected chi connectivity index (χ3v) is 6.35. The second-order valence-corrected chi connectivity index (χ2v) is 8.86. The number of rotatable bonds is 7. The first kappa shape index (κ1) is 21.9. The summed E-state index contributed by atoms with van der Waals surface area (Å²) in [5.74, 6) is 2.03. The Labute approximate surface area is 193 Å². The highest BCUT2D eigenvalue weighted by Gasteiger charge is 2.14. The molecule has 1 heterocycles. The highest BCUT2D eigenvalue weighted by molar-refractivity contribution is 7.98. The van der Waals surface area contributed by atoms with Crippen LogP contribution in [0.15, 0.2) is 88.2 Å². The highest BCUT2D eigenvalue weighted by atomic mass is 32.2. The maximum atomic E-state index is 12.6. The summed E-state index contributed by atoms with van der Waals surface area (Å²) in [6, 6.07) is 25.7. The number of nitrogens with one attached hydrogen (secondary N) is 1. The number of aryl methyl sites for hydroxylation is 2. The lowest BCUT2D eigenvalue weighted by Gasteiger charge is -2.14. The second-order valence-electron chi connectivity index (χ2n) is 7.81. The van der Waals surface area contributed by atoms with Crippen molar-refractivity contribution in [2.75, 3.05) is 0 Å². The van der Waals surface area contributed by atoms with E-state index in [0.29, 0.717) is 11.5 Å². The third-order valence-electron chi connectivity index (χ3n) is 5.33. The standard InChI is InChI=1S/C27H26N2O2S/c1-18-9-15-24(16-10-18)32-17-25-20(3)31-27(29-25)23-13-11-22(12-14-23)26(30)28-19(2)21-7-5-4-6-8-21/h4-16,19H,17H2,1-3H3,(H,28,30). The van der Waals surface area contributed by atoms with Gasteiger partial charge in [-0.15, -0.1) is 11.8 Å². The summed E-state index contributed by atoms with van der Waals surface area (Å²) in [5, 5.41) is 3.04. The molecular formula is C27H26N2O2S. The van der Waals surface area contributed by atoms with Gasteiger partial charge in [0, 0.05) is 21.8 Å². The van der Waals surface area contributed by atoms with Gasteiger partial charge in [0.2, 0.25) is 5.89 Å². The van der Waals surface area contributed by atoms with Gasteiger partial charge in [-0.1, -0.05) is 48.0 Å². The Bertz CT molecular complexity index is 1180. The zero-order chi connectivity index (χ0) is 22.5. The summed E-state index contributed by atoms with van der Waals surface area (Å²) in [6.45, 7) is 6.00. The van der Waals surface area contributed by atoms with E-state index in [-0.39, 0.29) is 11.9 Å². The molecule has 0 saturated heterocycles. The molecule has 32 heavy (non-hydrogen) atoms. The molecule has 5 heteroatoms. The van der Waals surface area contributed by atoms with Crippen LogP contribution in [0.25, 0.3) is 11.5 Å². The van der Waals surface area contributed by atoms with E-state index in [1.165, 1.54) is 10.5 Å². The molecule has 4 nitrogen and oxygen atoms in total. The van der Waals surface area contributed by atoms with Crippen LogP contribution in [0.2, 0.25) is 0 Å². The van der Waals surface area contributed by atoms with Crippen molar-refractivity contribution in [3.05, 3.63) is 107 Å². The van der Waals surface area contributed by atoms with E-state index in [1.54, 1.807) is 11.8 Å². The first-order chi connectivity index (χ1) is 15.5. The molecule has 4 aromatic rings. The molecule has 1 unspecified atom stereocenters. The van der Waals surface area contributed by atoms with Gasteiger partial charge >= 0.3 is 0 Å². The molecule has 3 aromatic carbocycles. The van der Waals surface area contributed by atoms with Crippen molar-refractivity contribution >= 4 is 17.7 Å². The van der Waals surface area contributed by atoms with Gasteiger partial charge in [0.15, 0.2) is 0 Å². The predicted molar refractivity (Wildman–Crippen MR) is 130 cm³/mol. The molecule has 0 aliphatic heterocycles. The van der Waals surface area contributed by atoms with E-state index in [9.17, 15) is 4.79 Å². The minimum atomic E-state index is -0.105. The molecule has 0 saturated carbocycles. The maximum absolute atomic E-state index is 12.6. The fourth-order valence-corrected chi connectivity index (χ4v) is 4.24. The first-order valence-electron chi connectivity index (χ1n) is 10.6. The van der Waals surface area contributed by atoms with Gasteiger partial charge in [-0.2, -0.15) is 0 Å². The summed E-state index contributed by atoms with van der Waals surface area (Å²) in [4.78, 5) is 18.5. The number of nitrogens with zero attached hydrogens (tertiary/aromatic N) is 1. The largest absolute Gasteiger partial charge is 0.441 e. The van der Waals surface area contributed by atoms with E-state index < -0.39 is 0 Å². The molecule has 0 aliphatic rings. The van der Waals surface area contributed by atoms with Crippen LogP contribution in [0.1, 0.15) is 45.9 Å². The number of carbonyl (C=O) groups excluding carboxylic acids is 1. The zero-order valence-corrected chi connectivity index (χ0v) is 19.3. The number of oxazole rings is 1. The lowest BCUT2D eigenvalue weighted by molar-refractivity contribution is 0.0940. The number of hydrogen-bond acceptors (Lipinski definition) is 4. The van der Waals surface area contributed by atoms with E-state index in [0.717, 1.165) is 28.3 Å². The van der Waals surface area contributed by atoms with E-state index in [1.807, 2.05) is 68.4 Å². The molecule has 1 amide bonds. The van der Waals surface area contributed by atoms with Gasteiger partial charge in [-0.25, -0.2) is 4.98 Å². The molecule has 0 spiro atoms. The lowest BCUT2D eigenvalue weighted by Crippen LogP contribution is -2.26. The molecule has 1 N–H and O–H groups in total. The summed E-state index contributed by atoms with van der Waals surface area (Å²) >= 11 is 1.74. The number of aromatic nitrogens is 1. The van der Waals surface area contributed by atoms with Crippen LogP contribution in [-0.4, -0.2) is 10.9 Å². The average Bonchev–Trinajstić information content (AvgIpc) is 3.19. The average molecular weight is 443 g/mol. The Morgan fingerprint density at radius 3 is 2.34 bits per heavy atom. The molecule has 1 atom stereocenters. The smallest absolute Gasteiger partial charge is 0.251 e. The van der Waals surface area contributed by atoms with Gasteiger partial charge < -0.3 is 9.73 Å². The monoisotopic (exact) mass is 442 g/mol. The Morgan fingerprint density at radius 2 is 1.66 bits per heavy atom. The quantitative estimate of drug-likeness (QED) is 0.322. The summed E-state index contributed by atoms with van der Waals surface area (Å²) in [5.41, 5.74) is 4.72. The van der Waals surface area contributed by atoms with Crippen molar-refractivity contribution < 1.29 is 9.21 Å². The van der Waals surface area contributed by atoms with Crippen LogP contribution < -0.4 is 5.32 Å². The Kier molecular flexibility index (Phi) is 6.76. The van der Waals surface area contributed by atoms with Crippen LogP contribution in [0.4, 0.5) is 0 Å². The van der Waals surface area contributed by atoms with Crippen molar-refractivity contribution in [3.8, 4) is 11.5 Å². The van der Waals surface area contributed by atoms with Crippen LogP contribution in [0.3, 0.4) is 0 Å². The molecule has 0 radical (unpaired) electrons. The third kappa shape index (κ3) is 5.29. The first-order valence-corrected chi connectivity index (χ1v) is 11.6. The summed E-state index contributed by atoms with van der Waals surface area (Å²) in [7, 11) is 0. The van der Waals surface area contributed by atoms with Crippen LogP contribution in [-0.2, 0) is 5.75 Å². The molecule has 0 aliphatic carbocycles. The molecular weight excluding hydrogens is 416 g/mol. The van der Waals surface area contributed by atoms with E-state index in [2.05, 4.69) is 41.5 Å². The lowest BCUT2D eigenvalue weighted by atomic mass is 10.1. The molecule has 0 bridgehead atoms. The Hall–Kier alpha value is -3.31. The fraction of sp³-hybridized carbons (Fsp3) is 0.185. The molecule has 162 valence electrons. The maximum Gasteiger partial charge on any atom is 0.251 e. The number of hydrogen-bond donors (Lipinski definition) is 1. The van der Waals surface area contributed by atoms with Crippen LogP contribution in [0, 0.1) is 13.8 Å². The normalized spacial score (nSPS) is 11.8. The van der Waals surface area contributed by atoms with Crippen LogP contribution in [0.5, 0.6) is 0 Å². The number of carbonyl (C=O) groups is 1. The number of benzene rings is 3. The van der Waals surface area contributed by atoms with Crippen molar-refractivity contribution in [2.24, 2.45) is 0 Å². The van der Waals surface area contributed by atoms with Gasteiger partial charge in [0.1, 0.15) is 5.76 Å². The van der Waals surface area contributed by atoms with Gasteiger partial charge in [-0.05, 0) is 62.7 Å². The van der Waals surface area contributed by atoms with Gasteiger partial charge in [0.05, 0.1) is 11.7 Å². The minimum absolute atomic E-state index is 0.0636. The summed E-state index contributed by atoms with van der Waals surface area (Å²) in [6.07, 6.45) is 0. The van der Waals surface area contributed by atoms with Gasteiger partial charge in [-0.3, -0.25) is 4.79 Å². The van der Waals surface area contributed by atoms with Gasteiger partial charge in [0.25, 0.3) is 5.91 Å². The Morgan fingerprint density at radius 1 is 0.969 bits per heavy atom. The van der Waals surface area contributed by atoms with Crippen LogP contribution >= 0.6 is 11.8 Å². The molecule has 0 fully saturated rings. The number of amides is 1. The molecule has 4 rings (SSSR count). The zero-order valence-electron chi connectivity index (χ0n) is 18.5. The second kappa shape index (κ2) is 9.88. The van der Waals surface area contributed by atoms with Crippen molar-refractivity contribution in [1.29, 1.82) is 0 Å². The molecule has 1 aromatic heterocycles. The van der Waals surface area contributed by atoms with Crippen molar-refractivity contribution in [3.63, 3.8) is 0 Å². The Balaban J connectivity index is 1.41. The van der Waals surface area contributed by atoms with Crippen molar-refractivity contribution in [1.82, 2.24) is 10.3 Å². The minimum Gasteiger partial charge on any atom is -0.441 e.